The minimum Gasteiger partial charge on any atom is -0.455 e. The highest BCUT2D eigenvalue weighted by atomic mass is 16.3. The van der Waals surface area contributed by atoms with E-state index in [1.165, 1.54) is 0 Å². The third kappa shape index (κ3) is 5.47. The van der Waals surface area contributed by atoms with Gasteiger partial charge in [-0.3, -0.25) is 0 Å². The largest absolute Gasteiger partial charge is 0.455 e. The van der Waals surface area contributed by atoms with Gasteiger partial charge in [0.2, 0.25) is 0 Å². The second kappa shape index (κ2) is 13.4. The van der Waals surface area contributed by atoms with Gasteiger partial charge in [0, 0.05) is 16.3 Å². The zero-order valence-corrected chi connectivity index (χ0v) is 31.4. The monoisotopic (exact) mass is 758 g/mol. The molecule has 0 aliphatic carbocycles. The van der Waals surface area contributed by atoms with Gasteiger partial charge in [-0.2, -0.15) is 0 Å². The smallest absolute Gasteiger partial charge is 0.143 e. The Morgan fingerprint density at radius 2 is 0.847 bits per heavy atom. The van der Waals surface area contributed by atoms with Gasteiger partial charge < -0.3 is 4.42 Å². The minimum atomic E-state index is -0.470. The Kier molecular flexibility index (Phi) is 5.65. The van der Waals surface area contributed by atoms with Crippen LogP contribution in [0.4, 0.5) is 0 Å². The van der Waals surface area contributed by atoms with Crippen molar-refractivity contribution in [3.05, 3.63) is 218 Å². The van der Waals surface area contributed by atoms with Crippen molar-refractivity contribution in [2.75, 3.05) is 0 Å². The molecule has 11 aromatic carbocycles. The van der Waals surface area contributed by atoms with Crippen LogP contribution in [0.25, 0.3) is 121 Å². The van der Waals surface area contributed by atoms with Crippen LogP contribution in [0.1, 0.15) is 13.7 Å². The van der Waals surface area contributed by atoms with Gasteiger partial charge in [0.05, 0.1) is 13.7 Å². The zero-order chi connectivity index (χ0) is 47.6. The predicted octanol–water partition coefficient (Wildman–Crippen LogP) is 16.5. The van der Waals surface area contributed by atoms with Crippen molar-refractivity contribution >= 4 is 65.0 Å². The molecule has 0 atom stereocenters. The van der Waals surface area contributed by atoms with E-state index in [1.807, 2.05) is 72.8 Å². The molecule has 0 spiro atoms. The van der Waals surface area contributed by atoms with Crippen molar-refractivity contribution in [1.82, 2.24) is 0 Å². The van der Waals surface area contributed by atoms with Crippen molar-refractivity contribution in [3.63, 3.8) is 0 Å². The Labute approximate surface area is 356 Å². The molecule has 0 saturated carbocycles. The standard InChI is InChI=1S/C58H36O/c1-4-13-37(14-5-1)48-21-12-22-52-49-30-26-44(36-55(49)59-58(48)52)43-28-32-51-54(35-43)57(40-18-8-3-9-19-40)53-34-42(27-31-50(53)56(51)39-16-6-2-7-17-39)41-25-29-47-45(33-41)24-23-38-15-10-11-20-46(38)47/h1-36H/i1D,3D,4D,5D,8D,9D,13D,14D,18D,19D. The van der Waals surface area contributed by atoms with Crippen molar-refractivity contribution < 1.29 is 18.1 Å². The summed E-state index contributed by atoms with van der Waals surface area (Å²) in [5.74, 6) is 0. The molecule has 1 heterocycles. The summed E-state index contributed by atoms with van der Waals surface area (Å²) >= 11 is 0. The summed E-state index contributed by atoms with van der Waals surface area (Å²) in [4.78, 5) is 0. The first-order chi connectivity index (χ1) is 33.4. The Bertz CT molecular complexity index is 4140. The Morgan fingerprint density at radius 1 is 0.305 bits per heavy atom. The number of rotatable bonds is 5. The molecule has 0 unspecified atom stereocenters. The topological polar surface area (TPSA) is 13.1 Å². The number of hydrogen-bond donors (Lipinski definition) is 0. The summed E-state index contributed by atoms with van der Waals surface area (Å²) in [6.07, 6.45) is 0. The summed E-state index contributed by atoms with van der Waals surface area (Å²) in [6.45, 7) is 0. The third-order valence-corrected chi connectivity index (χ3v) is 11.6. The molecule has 1 heteroatoms. The fourth-order valence-corrected chi connectivity index (χ4v) is 8.90. The molecule has 1 nitrogen and oxygen atoms in total. The molecule has 12 aromatic rings. The number of benzene rings is 11. The van der Waals surface area contributed by atoms with Crippen LogP contribution in [0, 0.1) is 0 Å². The van der Waals surface area contributed by atoms with E-state index < -0.39 is 36.3 Å². The van der Waals surface area contributed by atoms with Gasteiger partial charge in [-0.1, -0.05) is 188 Å². The molecule has 0 fully saturated rings. The van der Waals surface area contributed by atoms with E-state index in [2.05, 4.69) is 72.8 Å². The number of para-hydroxylation sites is 1. The summed E-state index contributed by atoms with van der Waals surface area (Å²) < 4.78 is 93.7. The van der Waals surface area contributed by atoms with E-state index in [4.69, 9.17) is 15.4 Å². The molecular formula is C58H36O. The lowest BCUT2D eigenvalue weighted by Crippen LogP contribution is -1.92. The fraction of sp³-hybridized carbons (Fsp3) is 0. The number of hydrogen-bond acceptors (Lipinski definition) is 1. The van der Waals surface area contributed by atoms with Crippen LogP contribution in [0.15, 0.2) is 223 Å². The molecule has 0 N–H and O–H groups in total. The van der Waals surface area contributed by atoms with Crippen LogP contribution < -0.4 is 0 Å². The molecule has 274 valence electrons. The lowest BCUT2D eigenvalue weighted by atomic mass is 9.83. The number of furan rings is 1. The normalized spacial score (nSPS) is 14.1. The summed E-state index contributed by atoms with van der Waals surface area (Å²) in [5, 5.41) is 9.13. The fourth-order valence-electron chi connectivity index (χ4n) is 8.90. The van der Waals surface area contributed by atoms with E-state index in [9.17, 15) is 2.74 Å². The Morgan fingerprint density at radius 3 is 1.58 bits per heavy atom. The van der Waals surface area contributed by atoms with E-state index >= 15 is 0 Å². The van der Waals surface area contributed by atoms with Gasteiger partial charge in [-0.15, -0.1) is 0 Å². The molecule has 1 aromatic heterocycles. The molecule has 59 heavy (non-hydrogen) atoms. The molecule has 0 saturated heterocycles. The lowest BCUT2D eigenvalue weighted by Gasteiger charge is -2.20. The molecule has 0 aliphatic heterocycles. The molecule has 0 aliphatic rings. The molecule has 0 amide bonds. The second-order valence-corrected chi connectivity index (χ2v) is 14.9. The quantitative estimate of drug-likeness (QED) is 0.126. The molecule has 0 bridgehead atoms. The maximum atomic E-state index is 9.38. The van der Waals surface area contributed by atoms with Gasteiger partial charge in [0.15, 0.2) is 0 Å². The van der Waals surface area contributed by atoms with Crippen LogP contribution >= 0.6 is 0 Å². The van der Waals surface area contributed by atoms with Gasteiger partial charge in [0.1, 0.15) is 11.2 Å². The first kappa shape index (κ1) is 24.8. The maximum absolute atomic E-state index is 9.38. The highest BCUT2D eigenvalue weighted by Gasteiger charge is 2.20. The Balaban J connectivity index is 1.13. The van der Waals surface area contributed by atoms with Gasteiger partial charge in [-0.25, -0.2) is 0 Å². The van der Waals surface area contributed by atoms with Crippen molar-refractivity contribution in [3.8, 4) is 55.6 Å². The molecular weight excluding hydrogens is 713 g/mol. The minimum absolute atomic E-state index is 0.0550. The average Bonchev–Trinajstić information content (AvgIpc) is 3.77. The van der Waals surface area contributed by atoms with Crippen molar-refractivity contribution in [2.45, 2.75) is 0 Å². The van der Waals surface area contributed by atoms with E-state index in [0.29, 0.717) is 27.7 Å². The highest BCUT2D eigenvalue weighted by molar-refractivity contribution is 6.23. The van der Waals surface area contributed by atoms with Crippen LogP contribution in [-0.2, 0) is 0 Å². The van der Waals surface area contributed by atoms with E-state index in [0.717, 1.165) is 81.9 Å². The zero-order valence-electron chi connectivity index (χ0n) is 41.4. The second-order valence-electron chi connectivity index (χ2n) is 14.9. The SMILES string of the molecule is [2H]c1c([2H])c([2H])c(-c2c3cc(-c4ccc5c(ccc6ccccc65)c4)ccc3c(-c3ccccc3)c3ccc(-c4ccc5c(c4)oc4c(-c6c([2H])c([2H])c([2H])c([2H])c6[2H])cccc45)cc23)c([2H])c1[2H]. The van der Waals surface area contributed by atoms with E-state index in [-0.39, 0.29) is 35.3 Å². The highest BCUT2D eigenvalue weighted by Crippen LogP contribution is 2.47. The predicted molar refractivity (Wildman–Crippen MR) is 251 cm³/mol. The maximum Gasteiger partial charge on any atom is 0.143 e. The van der Waals surface area contributed by atoms with Gasteiger partial charge >= 0.3 is 0 Å². The van der Waals surface area contributed by atoms with Crippen molar-refractivity contribution in [1.29, 1.82) is 0 Å². The van der Waals surface area contributed by atoms with Crippen LogP contribution in [0.2, 0.25) is 0 Å². The first-order valence-electron chi connectivity index (χ1n) is 24.5. The lowest BCUT2D eigenvalue weighted by molar-refractivity contribution is 0.670. The summed E-state index contributed by atoms with van der Waals surface area (Å²) in [5.41, 5.74) is 7.28. The third-order valence-electron chi connectivity index (χ3n) is 11.6. The van der Waals surface area contributed by atoms with Crippen LogP contribution in [0.3, 0.4) is 0 Å². The average molecular weight is 759 g/mol. The molecule has 12 rings (SSSR count). The van der Waals surface area contributed by atoms with Gasteiger partial charge in [-0.05, 0) is 123 Å². The summed E-state index contributed by atoms with van der Waals surface area (Å²) in [7, 11) is 0. The van der Waals surface area contributed by atoms with Crippen LogP contribution in [-0.4, -0.2) is 0 Å². The van der Waals surface area contributed by atoms with Crippen molar-refractivity contribution in [2.24, 2.45) is 0 Å². The van der Waals surface area contributed by atoms with Gasteiger partial charge in [0.25, 0.3) is 0 Å². The first-order valence-corrected chi connectivity index (χ1v) is 19.5. The van der Waals surface area contributed by atoms with E-state index in [1.54, 1.807) is 12.1 Å². The number of fused-ring (bicyclic) bond motifs is 8. The van der Waals surface area contributed by atoms with Crippen LogP contribution in [0.5, 0.6) is 0 Å². The molecule has 0 radical (unpaired) electrons. The summed E-state index contributed by atoms with van der Waals surface area (Å²) in [6, 6.07) is 48.7. The Hall–Kier alpha value is -7.74.